The Labute approximate surface area is 106 Å². The highest BCUT2D eigenvalue weighted by Gasteiger charge is 1.99. The second-order valence-corrected chi connectivity index (χ2v) is 3.95. The lowest BCUT2D eigenvalue weighted by Gasteiger charge is -2.07. The van der Waals surface area contributed by atoms with E-state index >= 15 is 0 Å². The van der Waals surface area contributed by atoms with Crippen molar-refractivity contribution in [1.29, 1.82) is 5.26 Å². The van der Waals surface area contributed by atoms with Crippen molar-refractivity contribution in [2.75, 3.05) is 17.6 Å². The summed E-state index contributed by atoms with van der Waals surface area (Å²) in [5, 5.41) is 12.0. The summed E-state index contributed by atoms with van der Waals surface area (Å²) < 4.78 is 0. The van der Waals surface area contributed by atoms with Gasteiger partial charge in [0.1, 0.15) is 6.07 Å². The SMILES string of the molecule is N#Cc1ccc(NCCc2cccnc2)cc1N. The minimum Gasteiger partial charge on any atom is -0.398 e. The van der Waals surface area contributed by atoms with Gasteiger partial charge in [-0.15, -0.1) is 0 Å². The Morgan fingerprint density at radius 2 is 2.22 bits per heavy atom. The van der Waals surface area contributed by atoms with Crippen molar-refractivity contribution in [1.82, 2.24) is 4.98 Å². The molecule has 90 valence electrons. The number of nitrogens with zero attached hydrogens (tertiary/aromatic N) is 2. The summed E-state index contributed by atoms with van der Waals surface area (Å²) in [6.07, 6.45) is 4.51. The molecule has 0 aliphatic heterocycles. The molecule has 4 nitrogen and oxygen atoms in total. The molecule has 2 aromatic rings. The predicted molar refractivity (Wildman–Crippen MR) is 72.0 cm³/mol. The zero-order chi connectivity index (χ0) is 12.8. The van der Waals surface area contributed by atoms with E-state index in [0.717, 1.165) is 18.7 Å². The van der Waals surface area contributed by atoms with Crippen LogP contribution in [0.5, 0.6) is 0 Å². The van der Waals surface area contributed by atoms with Gasteiger partial charge in [-0.25, -0.2) is 0 Å². The summed E-state index contributed by atoms with van der Waals surface area (Å²) in [4.78, 5) is 4.06. The van der Waals surface area contributed by atoms with Crippen LogP contribution in [0, 0.1) is 11.3 Å². The van der Waals surface area contributed by atoms with E-state index in [-0.39, 0.29) is 0 Å². The molecule has 2 rings (SSSR count). The number of nitrogen functional groups attached to an aromatic ring is 1. The maximum absolute atomic E-state index is 8.78. The van der Waals surface area contributed by atoms with Gasteiger partial charge in [0.25, 0.3) is 0 Å². The second kappa shape index (κ2) is 5.69. The quantitative estimate of drug-likeness (QED) is 0.801. The van der Waals surface area contributed by atoms with Gasteiger partial charge in [-0.3, -0.25) is 4.98 Å². The standard InChI is InChI=1S/C14H14N4/c15-9-12-3-4-13(8-14(12)16)18-7-5-11-2-1-6-17-10-11/h1-4,6,8,10,18H,5,7,16H2. The molecule has 0 saturated carbocycles. The van der Waals surface area contributed by atoms with Crippen LogP contribution in [0.2, 0.25) is 0 Å². The van der Waals surface area contributed by atoms with E-state index in [1.165, 1.54) is 5.56 Å². The molecule has 1 aromatic heterocycles. The van der Waals surface area contributed by atoms with Crippen molar-refractivity contribution in [2.45, 2.75) is 6.42 Å². The maximum Gasteiger partial charge on any atom is 0.101 e. The average molecular weight is 238 g/mol. The minimum absolute atomic E-state index is 0.504. The van der Waals surface area contributed by atoms with Gasteiger partial charge >= 0.3 is 0 Å². The van der Waals surface area contributed by atoms with E-state index < -0.39 is 0 Å². The minimum atomic E-state index is 0.504. The Balaban J connectivity index is 1.91. The first-order valence-corrected chi connectivity index (χ1v) is 5.72. The lowest BCUT2D eigenvalue weighted by Crippen LogP contribution is -2.05. The first-order valence-electron chi connectivity index (χ1n) is 5.72. The molecule has 0 bridgehead atoms. The molecule has 0 fully saturated rings. The fraction of sp³-hybridized carbons (Fsp3) is 0.143. The van der Waals surface area contributed by atoms with Crippen LogP contribution in [-0.4, -0.2) is 11.5 Å². The fourth-order valence-corrected chi connectivity index (χ4v) is 1.67. The van der Waals surface area contributed by atoms with Gasteiger partial charge in [0, 0.05) is 24.6 Å². The van der Waals surface area contributed by atoms with E-state index in [2.05, 4.69) is 10.3 Å². The molecule has 18 heavy (non-hydrogen) atoms. The lowest BCUT2D eigenvalue weighted by atomic mass is 10.1. The maximum atomic E-state index is 8.78. The third kappa shape index (κ3) is 2.98. The van der Waals surface area contributed by atoms with E-state index in [1.807, 2.05) is 30.5 Å². The molecule has 0 saturated heterocycles. The summed E-state index contributed by atoms with van der Waals surface area (Å²) in [5.74, 6) is 0. The molecule has 1 aromatic carbocycles. The number of nitrogens with two attached hydrogens (primary N) is 1. The lowest BCUT2D eigenvalue weighted by molar-refractivity contribution is 1.01. The zero-order valence-electron chi connectivity index (χ0n) is 9.93. The number of pyridine rings is 1. The summed E-state index contributed by atoms with van der Waals surface area (Å²) in [7, 11) is 0. The van der Waals surface area contributed by atoms with Crippen LogP contribution in [0.1, 0.15) is 11.1 Å². The molecule has 0 amide bonds. The molecule has 0 atom stereocenters. The number of hydrogen-bond acceptors (Lipinski definition) is 4. The Bertz CT molecular complexity index is 558. The average Bonchev–Trinajstić information content (AvgIpc) is 2.40. The highest BCUT2D eigenvalue weighted by Crippen LogP contribution is 2.17. The van der Waals surface area contributed by atoms with Gasteiger partial charge in [0.05, 0.1) is 11.3 Å². The molecular formula is C14H14N4. The fourth-order valence-electron chi connectivity index (χ4n) is 1.67. The van der Waals surface area contributed by atoms with Gasteiger partial charge in [0.2, 0.25) is 0 Å². The number of hydrogen-bond donors (Lipinski definition) is 2. The summed E-state index contributed by atoms with van der Waals surface area (Å²) >= 11 is 0. The van der Waals surface area contributed by atoms with E-state index in [0.29, 0.717) is 11.3 Å². The molecule has 0 unspecified atom stereocenters. The van der Waals surface area contributed by atoms with Crippen molar-refractivity contribution in [3.63, 3.8) is 0 Å². The highest BCUT2D eigenvalue weighted by atomic mass is 14.9. The number of benzene rings is 1. The summed E-state index contributed by atoms with van der Waals surface area (Å²) in [6, 6.07) is 11.4. The van der Waals surface area contributed by atoms with E-state index in [4.69, 9.17) is 11.0 Å². The van der Waals surface area contributed by atoms with Crippen LogP contribution in [-0.2, 0) is 6.42 Å². The van der Waals surface area contributed by atoms with Crippen molar-refractivity contribution >= 4 is 11.4 Å². The molecule has 0 spiro atoms. The Morgan fingerprint density at radius 1 is 1.33 bits per heavy atom. The Hall–Kier alpha value is -2.54. The van der Waals surface area contributed by atoms with Gasteiger partial charge in [-0.2, -0.15) is 5.26 Å². The smallest absolute Gasteiger partial charge is 0.101 e. The van der Waals surface area contributed by atoms with Gasteiger partial charge in [0.15, 0.2) is 0 Å². The van der Waals surface area contributed by atoms with Gasteiger partial charge in [-0.05, 0) is 36.2 Å². The first-order chi connectivity index (χ1) is 8.79. The molecule has 3 N–H and O–H groups in total. The molecular weight excluding hydrogens is 224 g/mol. The number of nitriles is 1. The van der Waals surface area contributed by atoms with Crippen LogP contribution in [0.15, 0.2) is 42.7 Å². The van der Waals surface area contributed by atoms with Crippen LogP contribution >= 0.6 is 0 Å². The number of nitrogens with one attached hydrogen (secondary N) is 1. The van der Waals surface area contributed by atoms with Crippen LogP contribution in [0.25, 0.3) is 0 Å². The van der Waals surface area contributed by atoms with Gasteiger partial charge < -0.3 is 11.1 Å². The van der Waals surface area contributed by atoms with Crippen molar-refractivity contribution in [3.05, 3.63) is 53.9 Å². The van der Waals surface area contributed by atoms with Crippen molar-refractivity contribution in [3.8, 4) is 6.07 Å². The molecule has 0 aliphatic rings. The molecule has 1 heterocycles. The van der Waals surface area contributed by atoms with Crippen molar-refractivity contribution in [2.24, 2.45) is 0 Å². The van der Waals surface area contributed by atoms with Gasteiger partial charge in [-0.1, -0.05) is 6.07 Å². The highest BCUT2D eigenvalue weighted by molar-refractivity contribution is 5.62. The third-order valence-corrected chi connectivity index (χ3v) is 2.64. The monoisotopic (exact) mass is 238 g/mol. The molecule has 4 heteroatoms. The predicted octanol–water partition coefficient (Wildman–Crippen LogP) is 2.19. The molecule has 0 aliphatic carbocycles. The van der Waals surface area contributed by atoms with Crippen LogP contribution < -0.4 is 11.1 Å². The van der Waals surface area contributed by atoms with Crippen LogP contribution in [0.4, 0.5) is 11.4 Å². The zero-order valence-corrected chi connectivity index (χ0v) is 9.93. The van der Waals surface area contributed by atoms with Crippen LogP contribution in [0.3, 0.4) is 0 Å². The van der Waals surface area contributed by atoms with Crippen molar-refractivity contribution < 1.29 is 0 Å². The second-order valence-electron chi connectivity index (χ2n) is 3.95. The van der Waals surface area contributed by atoms with E-state index in [9.17, 15) is 0 Å². The summed E-state index contributed by atoms with van der Waals surface area (Å²) in [5.41, 5.74) is 8.87. The third-order valence-electron chi connectivity index (χ3n) is 2.64. The largest absolute Gasteiger partial charge is 0.398 e. The number of aromatic nitrogens is 1. The number of rotatable bonds is 4. The Kier molecular flexibility index (Phi) is 3.77. The Morgan fingerprint density at radius 3 is 2.89 bits per heavy atom. The normalized spacial score (nSPS) is 9.72. The molecule has 0 radical (unpaired) electrons. The first kappa shape index (κ1) is 11.9. The topological polar surface area (TPSA) is 74.7 Å². The van der Waals surface area contributed by atoms with E-state index in [1.54, 1.807) is 18.3 Å². The summed E-state index contributed by atoms with van der Waals surface area (Å²) in [6.45, 7) is 0.803. The number of anilines is 2.